The molecule has 0 spiro atoms. The molecule has 22 heavy (non-hydrogen) atoms. The zero-order valence-corrected chi connectivity index (χ0v) is 13.4. The van der Waals surface area contributed by atoms with Crippen LogP contribution in [0.4, 0.5) is 0 Å². The Kier molecular flexibility index (Phi) is 5.20. The lowest BCUT2D eigenvalue weighted by Gasteiger charge is -2.22. The first-order valence-corrected chi connectivity index (χ1v) is 9.07. The van der Waals surface area contributed by atoms with Crippen molar-refractivity contribution in [1.82, 2.24) is 10.9 Å². The second kappa shape index (κ2) is 6.76. The number of sulfone groups is 1. The third kappa shape index (κ3) is 3.85. The predicted molar refractivity (Wildman–Crippen MR) is 83.9 cm³/mol. The number of carboxylic acid groups (broad SMARTS) is 1. The fourth-order valence-electron chi connectivity index (χ4n) is 2.36. The van der Waals surface area contributed by atoms with Gasteiger partial charge in [0.15, 0.2) is 9.84 Å². The fraction of sp³-hybridized carbons (Fsp3) is 0.533. The molecule has 122 valence electrons. The van der Waals surface area contributed by atoms with Gasteiger partial charge in [-0.25, -0.2) is 19.3 Å². The highest BCUT2D eigenvalue weighted by molar-refractivity contribution is 7.93. The Hall–Kier alpha value is -1.44. The number of benzene rings is 1. The molecule has 1 atom stereocenters. The van der Waals surface area contributed by atoms with Gasteiger partial charge in [-0.15, -0.1) is 0 Å². The summed E-state index contributed by atoms with van der Waals surface area (Å²) in [6, 6.07) is 8.36. The van der Waals surface area contributed by atoms with Crippen LogP contribution in [0.5, 0.6) is 0 Å². The highest BCUT2D eigenvalue weighted by Gasteiger charge is 2.54. The molecular weight excluding hydrogens is 304 g/mol. The molecule has 0 saturated heterocycles. The van der Waals surface area contributed by atoms with Crippen molar-refractivity contribution < 1.29 is 18.3 Å². The normalized spacial score (nSPS) is 17.9. The van der Waals surface area contributed by atoms with Gasteiger partial charge in [0.2, 0.25) is 0 Å². The number of hydrogen-bond donors (Lipinski definition) is 3. The summed E-state index contributed by atoms with van der Waals surface area (Å²) in [5.41, 5.74) is 6.36. The van der Waals surface area contributed by atoms with Gasteiger partial charge in [-0.3, -0.25) is 4.79 Å². The van der Waals surface area contributed by atoms with Crippen LogP contribution in [0.15, 0.2) is 30.3 Å². The van der Waals surface area contributed by atoms with Crippen LogP contribution in [0.25, 0.3) is 0 Å². The molecule has 2 rings (SSSR count). The zero-order chi connectivity index (χ0) is 16.2. The second-order valence-corrected chi connectivity index (χ2v) is 8.08. The molecule has 1 aromatic rings. The van der Waals surface area contributed by atoms with E-state index in [0.717, 1.165) is 5.56 Å². The van der Waals surface area contributed by atoms with Crippen molar-refractivity contribution >= 4 is 15.8 Å². The zero-order valence-electron chi connectivity index (χ0n) is 12.6. The van der Waals surface area contributed by atoms with E-state index in [1.165, 1.54) is 0 Å². The minimum Gasteiger partial charge on any atom is -0.480 e. The molecular formula is C15H22N2O4S. The molecule has 0 heterocycles. The molecule has 1 aromatic carbocycles. The number of rotatable bonds is 9. The van der Waals surface area contributed by atoms with E-state index in [2.05, 4.69) is 10.9 Å². The third-order valence-corrected chi connectivity index (χ3v) is 6.47. The summed E-state index contributed by atoms with van der Waals surface area (Å²) in [5.74, 6) is -0.905. The monoisotopic (exact) mass is 326 g/mol. The minimum absolute atomic E-state index is 0.109. The number of carboxylic acids is 1. The SMILES string of the molecule is CCCS(=O)(=O)C1(NNC(Cc2ccccc2)C(=O)O)CC1. The number of hydrazine groups is 1. The van der Waals surface area contributed by atoms with E-state index in [4.69, 9.17) is 0 Å². The molecule has 1 aliphatic carbocycles. The van der Waals surface area contributed by atoms with Crippen molar-refractivity contribution in [3.8, 4) is 0 Å². The number of carbonyl (C=O) groups is 1. The lowest BCUT2D eigenvalue weighted by atomic mass is 10.1. The van der Waals surface area contributed by atoms with Gasteiger partial charge in [0.25, 0.3) is 0 Å². The van der Waals surface area contributed by atoms with Crippen LogP contribution in [0, 0.1) is 0 Å². The topological polar surface area (TPSA) is 95.5 Å². The lowest BCUT2D eigenvalue weighted by Crippen LogP contribution is -2.55. The Bertz CT molecular complexity index is 612. The number of nitrogens with one attached hydrogen (secondary N) is 2. The summed E-state index contributed by atoms with van der Waals surface area (Å²) >= 11 is 0. The van der Waals surface area contributed by atoms with Crippen molar-refractivity contribution in [2.75, 3.05) is 5.75 Å². The average molecular weight is 326 g/mol. The second-order valence-electron chi connectivity index (χ2n) is 5.66. The molecule has 1 aliphatic rings. The van der Waals surface area contributed by atoms with Gasteiger partial charge in [-0.1, -0.05) is 37.3 Å². The number of hydrogen-bond acceptors (Lipinski definition) is 5. The average Bonchev–Trinajstić information content (AvgIpc) is 3.26. The minimum atomic E-state index is -3.26. The van der Waals surface area contributed by atoms with Gasteiger partial charge in [0.1, 0.15) is 10.9 Å². The van der Waals surface area contributed by atoms with Gasteiger partial charge >= 0.3 is 5.97 Å². The van der Waals surface area contributed by atoms with E-state index in [0.29, 0.717) is 19.3 Å². The molecule has 3 N–H and O–H groups in total. The maximum Gasteiger partial charge on any atom is 0.322 e. The molecule has 0 amide bonds. The van der Waals surface area contributed by atoms with Gasteiger partial charge in [0.05, 0.1) is 5.75 Å². The van der Waals surface area contributed by atoms with Gasteiger partial charge in [-0.05, 0) is 31.2 Å². The van der Waals surface area contributed by atoms with Crippen molar-refractivity contribution in [2.45, 2.75) is 43.5 Å². The Labute approximate surface area is 130 Å². The molecule has 6 nitrogen and oxygen atoms in total. The highest BCUT2D eigenvalue weighted by Crippen LogP contribution is 2.41. The Morgan fingerprint density at radius 3 is 2.45 bits per heavy atom. The molecule has 7 heteroatoms. The maximum atomic E-state index is 12.2. The molecule has 1 fully saturated rings. The van der Waals surface area contributed by atoms with E-state index < -0.39 is 26.7 Å². The highest BCUT2D eigenvalue weighted by atomic mass is 32.2. The van der Waals surface area contributed by atoms with E-state index in [-0.39, 0.29) is 12.2 Å². The Morgan fingerprint density at radius 2 is 1.95 bits per heavy atom. The van der Waals surface area contributed by atoms with Crippen LogP contribution in [-0.4, -0.2) is 36.2 Å². The third-order valence-electron chi connectivity index (χ3n) is 3.83. The van der Waals surface area contributed by atoms with Crippen molar-refractivity contribution in [1.29, 1.82) is 0 Å². The largest absolute Gasteiger partial charge is 0.480 e. The van der Waals surface area contributed by atoms with Crippen LogP contribution in [-0.2, 0) is 21.1 Å². The van der Waals surface area contributed by atoms with Crippen molar-refractivity contribution in [2.24, 2.45) is 0 Å². The van der Waals surface area contributed by atoms with E-state index in [1.807, 2.05) is 37.3 Å². The molecule has 0 radical (unpaired) electrons. The van der Waals surface area contributed by atoms with Crippen LogP contribution < -0.4 is 10.9 Å². The fourth-order valence-corrected chi connectivity index (χ4v) is 4.23. The van der Waals surface area contributed by atoms with Gasteiger partial charge in [-0.2, -0.15) is 0 Å². The Balaban J connectivity index is 2.00. The van der Waals surface area contributed by atoms with E-state index in [9.17, 15) is 18.3 Å². The maximum absolute atomic E-state index is 12.2. The first-order chi connectivity index (χ1) is 10.4. The summed E-state index contributed by atoms with van der Waals surface area (Å²) < 4.78 is 24.4. The van der Waals surface area contributed by atoms with Crippen LogP contribution in [0.3, 0.4) is 0 Å². The van der Waals surface area contributed by atoms with E-state index >= 15 is 0 Å². The smallest absolute Gasteiger partial charge is 0.322 e. The molecule has 1 saturated carbocycles. The van der Waals surface area contributed by atoms with E-state index in [1.54, 1.807) is 0 Å². The number of aliphatic carboxylic acids is 1. The van der Waals surface area contributed by atoms with Crippen LogP contribution >= 0.6 is 0 Å². The summed E-state index contributed by atoms with van der Waals surface area (Å²) in [4.78, 5) is 10.4. The van der Waals surface area contributed by atoms with Crippen LogP contribution in [0.1, 0.15) is 31.7 Å². The molecule has 0 bridgehead atoms. The first-order valence-electron chi connectivity index (χ1n) is 7.42. The molecule has 1 unspecified atom stereocenters. The summed E-state index contributed by atoms with van der Waals surface area (Å²) in [5, 5.41) is 9.31. The van der Waals surface area contributed by atoms with Crippen LogP contribution in [0.2, 0.25) is 0 Å². The quantitative estimate of drug-likeness (QED) is 0.588. The van der Waals surface area contributed by atoms with Crippen molar-refractivity contribution in [3.63, 3.8) is 0 Å². The summed E-state index contributed by atoms with van der Waals surface area (Å²) in [6.07, 6.45) is 1.87. The lowest BCUT2D eigenvalue weighted by molar-refractivity contribution is -0.139. The summed E-state index contributed by atoms with van der Waals surface area (Å²) in [6.45, 7) is 1.82. The predicted octanol–water partition coefficient (Wildman–Crippen LogP) is 1.09. The molecule has 0 aromatic heterocycles. The Morgan fingerprint density at radius 1 is 1.32 bits per heavy atom. The van der Waals surface area contributed by atoms with Gasteiger partial charge in [0, 0.05) is 0 Å². The van der Waals surface area contributed by atoms with Gasteiger partial charge < -0.3 is 5.11 Å². The van der Waals surface area contributed by atoms with Crippen molar-refractivity contribution in [3.05, 3.63) is 35.9 Å². The standard InChI is InChI=1S/C15H22N2O4S/c1-2-10-22(20,21)15(8-9-15)17-16-13(14(18)19)11-12-6-4-3-5-7-12/h3-7,13,16-17H,2,8-11H2,1H3,(H,18,19). The molecule has 0 aliphatic heterocycles. The first kappa shape index (κ1) is 16.9. The summed E-state index contributed by atoms with van der Waals surface area (Å²) in [7, 11) is -3.26.